The molecule has 0 spiro atoms. The molecule has 0 saturated carbocycles. The summed E-state index contributed by atoms with van der Waals surface area (Å²) in [7, 11) is 0. The lowest BCUT2D eigenvalue weighted by Crippen LogP contribution is -2.30. The van der Waals surface area contributed by atoms with Crippen molar-refractivity contribution < 1.29 is 14.3 Å². The van der Waals surface area contributed by atoms with E-state index in [9.17, 15) is 9.59 Å². The Morgan fingerprint density at radius 1 is 1.00 bits per heavy atom. The first-order valence-electron chi connectivity index (χ1n) is 8.92. The molecule has 3 rings (SSSR count). The Morgan fingerprint density at radius 3 is 2.50 bits per heavy atom. The number of carbonyl (C=O) groups excluding carboxylic acids is 2. The van der Waals surface area contributed by atoms with Crippen molar-refractivity contribution in [3.05, 3.63) is 69.7 Å². The molecule has 1 aliphatic carbocycles. The van der Waals surface area contributed by atoms with Gasteiger partial charge in [0.2, 0.25) is 0 Å². The van der Waals surface area contributed by atoms with Crippen LogP contribution in [0.15, 0.2) is 42.5 Å². The molecule has 136 valence electrons. The van der Waals surface area contributed by atoms with Crippen LogP contribution in [0.1, 0.15) is 39.9 Å². The molecule has 0 heterocycles. The zero-order valence-electron chi connectivity index (χ0n) is 14.6. The molecule has 1 amide bonds. The van der Waals surface area contributed by atoms with Crippen LogP contribution < -0.4 is 5.32 Å². The minimum atomic E-state index is -0.453. The molecule has 1 aliphatic rings. The predicted molar refractivity (Wildman–Crippen MR) is 102 cm³/mol. The molecule has 0 radical (unpaired) electrons. The van der Waals surface area contributed by atoms with Crippen LogP contribution in [0.4, 0.5) is 0 Å². The standard InChI is InChI=1S/C21H22ClNO3/c22-19-9-5-15(6-10-19)11-12-23-20(24)14-26-21(25)18-8-7-16-3-1-2-4-17(16)13-18/h5-10,13H,1-4,11-12,14H2,(H,23,24). The number of benzene rings is 2. The van der Waals surface area contributed by atoms with Gasteiger partial charge in [-0.3, -0.25) is 4.79 Å². The second kappa shape index (κ2) is 8.86. The highest BCUT2D eigenvalue weighted by molar-refractivity contribution is 6.30. The second-order valence-electron chi connectivity index (χ2n) is 6.49. The van der Waals surface area contributed by atoms with E-state index in [1.54, 1.807) is 6.07 Å². The van der Waals surface area contributed by atoms with Crippen molar-refractivity contribution in [3.8, 4) is 0 Å². The third-order valence-electron chi connectivity index (χ3n) is 4.57. The van der Waals surface area contributed by atoms with Crippen LogP contribution in [0.2, 0.25) is 5.02 Å². The van der Waals surface area contributed by atoms with Crippen molar-refractivity contribution in [2.45, 2.75) is 32.1 Å². The molecule has 0 saturated heterocycles. The van der Waals surface area contributed by atoms with Gasteiger partial charge in [-0.15, -0.1) is 0 Å². The summed E-state index contributed by atoms with van der Waals surface area (Å²) in [5.41, 5.74) is 4.13. The molecule has 1 N–H and O–H groups in total. The van der Waals surface area contributed by atoms with Crippen LogP contribution in [-0.2, 0) is 28.8 Å². The molecule has 0 atom stereocenters. The Bertz CT molecular complexity index is 786. The molecule has 4 nitrogen and oxygen atoms in total. The maximum atomic E-state index is 12.1. The van der Waals surface area contributed by atoms with Gasteiger partial charge < -0.3 is 10.1 Å². The van der Waals surface area contributed by atoms with Crippen LogP contribution in [-0.4, -0.2) is 25.0 Å². The van der Waals surface area contributed by atoms with Gasteiger partial charge in [0.1, 0.15) is 0 Å². The third kappa shape index (κ3) is 5.09. The maximum Gasteiger partial charge on any atom is 0.338 e. The Morgan fingerprint density at radius 2 is 1.73 bits per heavy atom. The van der Waals surface area contributed by atoms with Crippen molar-refractivity contribution >= 4 is 23.5 Å². The quantitative estimate of drug-likeness (QED) is 0.787. The van der Waals surface area contributed by atoms with E-state index in [1.165, 1.54) is 17.5 Å². The minimum Gasteiger partial charge on any atom is -0.452 e. The van der Waals surface area contributed by atoms with Crippen molar-refractivity contribution in [2.75, 3.05) is 13.2 Å². The molecule has 0 aromatic heterocycles. The fourth-order valence-electron chi connectivity index (χ4n) is 3.12. The van der Waals surface area contributed by atoms with Gasteiger partial charge in [0.15, 0.2) is 6.61 Å². The molecule has 0 bridgehead atoms. The highest BCUT2D eigenvalue weighted by Crippen LogP contribution is 2.22. The van der Waals surface area contributed by atoms with Crippen LogP contribution in [0.3, 0.4) is 0 Å². The average molecular weight is 372 g/mol. The third-order valence-corrected chi connectivity index (χ3v) is 4.82. The first kappa shape index (κ1) is 18.5. The van der Waals surface area contributed by atoms with Crippen LogP contribution >= 0.6 is 11.6 Å². The fraction of sp³-hybridized carbons (Fsp3) is 0.333. The summed E-state index contributed by atoms with van der Waals surface area (Å²) in [6.45, 7) is 0.216. The maximum absolute atomic E-state index is 12.1. The average Bonchev–Trinajstić information content (AvgIpc) is 2.67. The summed E-state index contributed by atoms with van der Waals surface area (Å²) in [5, 5.41) is 3.44. The first-order valence-corrected chi connectivity index (χ1v) is 9.30. The SMILES string of the molecule is O=C(COC(=O)c1ccc2c(c1)CCCC2)NCCc1ccc(Cl)cc1. The van der Waals surface area contributed by atoms with E-state index >= 15 is 0 Å². The van der Waals surface area contributed by atoms with E-state index in [-0.39, 0.29) is 12.5 Å². The van der Waals surface area contributed by atoms with E-state index < -0.39 is 5.97 Å². The first-order chi connectivity index (χ1) is 12.6. The number of hydrogen-bond acceptors (Lipinski definition) is 3. The van der Waals surface area contributed by atoms with Gasteiger partial charge in [-0.2, -0.15) is 0 Å². The lowest BCUT2D eigenvalue weighted by molar-refractivity contribution is -0.124. The largest absolute Gasteiger partial charge is 0.452 e. The topological polar surface area (TPSA) is 55.4 Å². The van der Waals surface area contributed by atoms with Crippen molar-refractivity contribution in [1.82, 2.24) is 5.32 Å². The molecule has 2 aromatic rings. The van der Waals surface area contributed by atoms with E-state index in [0.29, 0.717) is 23.6 Å². The number of fused-ring (bicyclic) bond motifs is 1. The Labute approximate surface area is 158 Å². The number of hydrogen-bond donors (Lipinski definition) is 1. The zero-order valence-corrected chi connectivity index (χ0v) is 15.3. The summed E-state index contributed by atoms with van der Waals surface area (Å²) in [6.07, 6.45) is 5.12. The smallest absolute Gasteiger partial charge is 0.338 e. The van der Waals surface area contributed by atoms with Crippen LogP contribution in [0, 0.1) is 0 Å². The Hall–Kier alpha value is -2.33. The highest BCUT2D eigenvalue weighted by atomic mass is 35.5. The summed E-state index contributed by atoms with van der Waals surface area (Å²) in [6, 6.07) is 13.2. The summed E-state index contributed by atoms with van der Waals surface area (Å²) < 4.78 is 5.13. The number of rotatable bonds is 6. The van der Waals surface area contributed by atoms with Gasteiger partial charge in [-0.05, 0) is 73.1 Å². The Balaban J connectivity index is 1.42. The molecular weight excluding hydrogens is 350 g/mol. The molecule has 2 aromatic carbocycles. The van der Waals surface area contributed by atoms with Gasteiger partial charge in [0, 0.05) is 11.6 Å². The molecular formula is C21H22ClNO3. The summed E-state index contributed by atoms with van der Waals surface area (Å²) in [4.78, 5) is 24.0. The molecule has 0 unspecified atom stereocenters. The fourth-order valence-corrected chi connectivity index (χ4v) is 3.25. The minimum absolute atomic E-state index is 0.267. The Kier molecular flexibility index (Phi) is 6.29. The number of amides is 1. The number of nitrogens with one attached hydrogen (secondary N) is 1. The lowest BCUT2D eigenvalue weighted by atomic mass is 9.90. The number of aryl methyl sites for hydroxylation is 2. The van der Waals surface area contributed by atoms with Gasteiger partial charge in [0.05, 0.1) is 5.56 Å². The van der Waals surface area contributed by atoms with Gasteiger partial charge in [0.25, 0.3) is 5.91 Å². The molecule has 0 fully saturated rings. The lowest BCUT2D eigenvalue weighted by Gasteiger charge is -2.16. The van der Waals surface area contributed by atoms with E-state index in [2.05, 4.69) is 5.32 Å². The monoisotopic (exact) mass is 371 g/mol. The second-order valence-corrected chi connectivity index (χ2v) is 6.93. The van der Waals surface area contributed by atoms with Crippen LogP contribution in [0.5, 0.6) is 0 Å². The normalized spacial score (nSPS) is 13.0. The van der Waals surface area contributed by atoms with E-state index in [4.69, 9.17) is 16.3 Å². The van der Waals surface area contributed by atoms with E-state index in [1.807, 2.05) is 36.4 Å². The number of ether oxygens (including phenoxy) is 1. The van der Waals surface area contributed by atoms with Crippen molar-refractivity contribution in [2.24, 2.45) is 0 Å². The molecule has 5 heteroatoms. The van der Waals surface area contributed by atoms with Gasteiger partial charge in [-0.1, -0.05) is 29.8 Å². The van der Waals surface area contributed by atoms with Crippen molar-refractivity contribution in [3.63, 3.8) is 0 Å². The zero-order chi connectivity index (χ0) is 18.4. The number of esters is 1. The molecule has 26 heavy (non-hydrogen) atoms. The van der Waals surface area contributed by atoms with E-state index in [0.717, 1.165) is 24.8 Å². The highest BCUT2D eigenvalue weighted by Gasteiger charge is 2.14. The number of halogens is 1. The van der Waals surface area contributed by atoms with Crippen molar-refractivity contribution in [1.29, 1.82) is 0 Å². The number of carbonyl (C=O) groups is 2. The van der Waals surface area contributed by atoms with Gasteiger partial charge >= 0.3 is 5.97 Å². The predicted octanol–water partition coefficient (Wildman–Crippen LogP) is 3.73. The molecule has 0 aliphatic heterocycles. The van der Waals surface area contributed by atoms with Gasteiger partial charge in [-0.25, -0.2) is 4.79 Å². The van der Waals surface area contributed by atoms with Crippen LogP contribution in [0.25, 0.3) is 0 Å². The summed E-state index contributed by atoms with van der Waals surface area (Å²) >= 11 is 5.84. The summed E-state index contributed by atoms with van der Waals surface area (Å²) in [5.74, 6) is -0.753.